The molecule has 9 heteroatoms. The summed E-state index contributed by atoms with van der Waals surface area (Å²) < 4.78 is 12.4. The van der Waals surface area contributed by atoms with Crippen LogP contribution in [0.25, 0.3) is 22.6 Å². The molecule has 0 saturated heterocycles. The Labute approximate surface area is 182 Å². The van der Waals surface area contributed by atoms with Gasteiger partial charge >= 0.3 is 5.97 Å². The quantitative estimate of drug-likeness (QED) is 0.571. The number of rotatable bonds is 6. The summed E-state index contributed by atoms with van der Waals surface area (Å²) in [6.45, 7) is 0.506. The average molecular weight is 435 g/mol. The van der Waals surface area contributed by atoms with Crippen molar-refractivity contribution in [2.24, 2.45) is 0 Å². The van der Waals surface area contributed by atoms with Gasteiger partial charge in [0.2, 0.25) is 5.91 Å². The Balaban J connectivity index is 1.76. The molecule has 0 atom stereocenters. The molecular weight excluding hydrogens is 414 g/mol. The molecule has 2 heterocycles. The van der Waals surface area contributed by atoms with E-state index in [4.69, 9.17) is 14.6 Å². The Hall–Kier alpha value is -4.14. The predicted molar refractivity (Wildman–Crippen MR) is 119 cm³/mol. The fraction of sp³-hybridized carbons (Fsp3) is 0.217. The van der Waals surface area contributed by atoms with Crippen LogP contribution < -0.4 is 20.3 Å². The Morgan fingerprint density at radius 1 is 1.19 bits per heavy atom. The van der Waals surface area contributed by atoms with Gasteiger partial charge in [0.25, 0.3) is 5.56 Å². The first kappa shape index (κ1) is 21.1. The van der Waals surface area contributed by atoms with E-state index < -0.39 is 18.3 Å². The number of methoxy groups -OCH3 is 2. The lowest BCUT2D eigenvalue weighted by molar-refractivity contribution is -0.139. The molecule has 32 heavy (non-hydrogen) atoms. The molecule has 0 fully saturated rings. The van der Waals surface area contributed by atoms with E-state index in [-0.39, 0.29) is 5.56 Å². The van der Waals surface area contributed by atoms with Gasteiger partial charge in [0, 0.05) is 17.8 Å². The molecule has 164 valence electrons. The van der Waals surface area contributed by atoms with E-state index in [1.54, 1.807) is 43.1 Å². The highest BCUT2D eigenvalue weighted by atomic mass is 16.5. The van der Waals surface area contributed by atoms with Crippen molar-refractivity contribution in [3.63, 3.8) is 0 Å². The summed E-state index contributed by atoms with van der Waals surface area (Å²) in [4.78, 5) is 40.2. The molecule has 1 aliphatic heterocycles. The molecule has 4 rings (SSSR count). The van der Waals surface area contributed by atoms with Crippen molar-refractivity contribution in [3.8, 4) is 11.5 Å². The van der Waals surface area contributed by atoms with Crippen LogP contribution in [0.5, 0.6) is 11.5 Å². The second-order valence-electron chi connectivity index (χ2n) is 7.27. The molecule has 0 unspecified atom stereocenters. The molecule has 3 aromatic rings. The van der Waals surface area contributed by atoms with Crippen molar-refractivity contribution >= 4 is 40.1 Å². The van der Waals surface area contributed by atoms with Crippen molar-refractivity contribution in [2.45, 2.75) is 19.4 Å². The summed E-state index contributed by atoms with van der Waals surface area (Å²) >= 11 is 0. The van der Waals surface area contributed by atoms with Gasteiger partial charge < -0.3 is 19.9 Å². The van der Waals surface area contributed by atoms with Gasteiger partial charge in [0.1, 0.15) is 23.7 Å². The number of ether oxygens (including phenoxy) is 2. The highest BCUT2D eigenvalue weighted by Crippen LogP contribution is 2.32. The van der Waals surface area contributed by atoms with E-state index in [1.165, 1.54) is 0 Å². The van der Waals surface area contributed by atoms with Gasteiger partial charge in [0.15, 0.2) is 0 Å². The van der Waals surface area contributed by atoms with Crippen molar-refractivity contribution in [1.82, 2.24) is 9.55 Å². The zero-order chi connectivity index (χ0) is 22.8. The van der Waals surface area contributed by atoms with Crippen molar-refractivity contribution in [2.75, 3.05) is 19.5 Å². The number of nitrogens with zero attached hydrogens (tertiary/aromatic N) is 2. The third kappa shape index (κ3) is 4.04. The van der Waals surface area contributed by atoms with E-state index in [0.29, 0.717) is 46.9 Å². The number of fused-ring (bicyclic) bond motifs is 2. The fourth-order valence-corrected chi connectivity index (χ4v) is 3.71. The molecule has 0 radical (unpaired) electrons. The summed E-state index contributed by atoms with van der Waals surface area (Å²) in [5, 5.41) is 11.7. The Morgan fingerprint density at radius 2 is 2.00 bits per heavy atom. The predicted octanol–water partition coefficient (Wildman–Crippen LogP) is 2.77. The zero-order valence-electron chi connectivity index (χ0n) is 17.5. The number of benzene rings is 2. The lowest BCUT2D eigenvalue weighted by Gasteiger charge is -2.10. The van der Waals surface area contributed by atoms with Gasteiger partial charge in [-0.05, 0) is 54.5 Å². The van der Waals surface area contributed by atoms with E-state index in [1.807, 2.05) is 18.2 Å². The largest absolute Gasteiger partial charge is 0.497 e. The molecular formula is C23H21N3O6. The summed E-state index contributed by atoms with van der Waals surface area (Å²) in [6.07, 6.45) is 1.91. The number of amides is 1. The molecule has 0 saturated carbocycles. The van der Waals surface area contributed by atoms with E-state index in [2.05, 4.69) is 10.3 Å². The topological polar surface area (TPSA) is 120 Å². The van der Waals surface area contributed by atoms with Crippen molar-refractivity contribution in [1.29, 1.82) is 0 Å². The Morgan fingerprint density at radius 3 is 2.72 bits per heavy atom. The number of aliphatic carboxylic acids is 1. The van der Waals surface area contributed by atoms with Crippen LogP contribution in [-0.4, -0.2) is 40.8 Å². The van der Waals surface area contributed by atoms with Crippen LogP contribution in [0, 0.1) is 0 Å². The maximum Gasteiger partial charge on any atom is 0.312 e. The van der Waals surface area contributed by atoms with Gasteiger partial charge in [0.05, 0.1) is 25.1 Å². The number of hydrogen-bond donors (Lipinski definition) is 2. The fourth-order valence-electron chi connectivity index (χ4n) is 3.71. The summed E-state index contributed by atoms with van der Waals surface area (Å²) in [5.41, 5.74) is 2.29. The average Bonchev–Trinajstić information content (AvgIpc) is 3.15. The molecule has 0 bridgehead atoms. The number of carboxylic acids is 1. The third-order valence-electron chi connectivity index (χ3n) is 5.21. The Kier molecular flexibility index (Phi) is 5.63. The van der Waals surface area contributed by atoms with Gasteiger partial charge in [-0.15, -0.1) is 0 Å². The van der Waals surface area contributed by atoms with Crippen molar-refractivity contribution in [3.05, 3.63) is 58.1 Å². The van der Waals surface area contributed by atoms with Crippen molar-refractivity contribution < 1.29 is 24.2 Å². The molecule has 1 aromatic heterocycles. The van der Waals surface area contributed by atoms with Crippen LogP contribution in [0.15, 0.2) is 41.2 Å². The number of carbonyl (C=O) groups excluding carboxylic acids is 1. The molecule has 2 N–H and O–H groups in total. The molecule has 1 aliphatic rings. The lowest BCUT2D eigenvalue weighted by Crippen LogP contribution is -2.21. The number of allylic oxidation sites excluding steroid dienone is 1. The molecule has 1 amide bonds. The highest BCUT2D eigenvalue weighted by Gasteiger charge is 2.22. The minimum atomic E-state index is -1.22. The number of carboxylic acid groups (broad SMARTS) is 1. The third-order valence-corrected chi connectivity index (χ3v) is 5.21. The molecule has 9 nitrogen and oxygen atoms in total. The summed E-state index contributed by atoms with van der Waals surface area (Å²) in [5.74, 6) is 0.0200. The van der Waals surface area contributed by atoms with Crippen LogP contribution in [0.3, 0.4) is 0 Å². The second-order valence-corrected chi connectivity index (χ2v) is 7.27. The van der Waals surface area contributed by atoms with Gasteiger partial charge in [-0.3, -0.25) is 19.0 Å². The van der Waals surface area contributed by atoms with Crippen LogP contribution in [0.2, 0.25) is 0 Å². The molecule has 2 aromatic carbocycles. The number of anilines is 1. The number of aromatic nitrogens is 2. The van der Waals surface area contributed by atoms with Crippen LogP contribution >= 0.6 is 0 Å². The smallest absolute Gasteiger partial charge is 0.312 e. The SMILES string of the molecule is COc1ccc(OC)c(/C=C2\CCn3c2nc2cc(NC(=O)CC(=O)O)ccc2c3=O)c1. The Bertz CT molecular complexity index is 1330. The number of carbonyl (C=O) groups is 2. The van der Waals surface area contributed by atoms with Crippen LogP contribution in [0.1, 0.15) is 24.2 Å². The normalized spacial score (nSPS) is 13.8. The first-order chi connectivity index (χ1) is 15.4. The monoisotopic (exact) mass is 435 g/mol. The minimum Gasteiger partial charge on any atom is -0.497 e. The first-order valence-corrected chi connectivity index (χ1v) is 9.89. The van der Waals surface area contributed by atoms with E-state index >= 15 is 0 Å². The maximum atomic E-state index is 13.0. The molecule has 0 spiro atoms. The van der Waals surface area contributed by atoms with Gasteiger partial charge in [-0.1, -0.05) is 0 Å². The van der Waals surface area contributed by atoms with E-state index in [0.717, 1.165) is 11.1 Å². The van der Waals surface area contributed by atoms with Gasteiger partial charge in [-0.2, -0.15) is 0 Å². The first-order valence-electron chi connectivity index (χ1n) is 9.89. The maximum absolute atomic E-state index is 13.0. The number of hydrogen-bond acceptors (Lipinski definition) is 6. The minimum absolute atomic E-state index is 0.172. The lowest BCUT2D eigenvalue weighted by atomic mass is 10.1. The van der Waals surface area contributed by atoms with E-state index in [9.17, 15) is 14.4 Å². The zero-order valence-corrected chi connectivity index (χ0v) is 17.5. The van der Waals surface area contributed by atoms with Crippen LogP contribution in [-0.2, 0) is 16.1 Å². The summed E-state index contributed by atoms with van der Waals surface area (Å²) in [6, 6.07) is 10.2. The standard InChI is InChI=1S/C23H21N3O6/c1-31-16-4-6-19(32-2)14(10-16)9-13-7-8-26-22(13)25-18-11-15(3-5-17(18)23(26)30)24-20(27)12-21(28)29/h3-6,9-11H,7-8,12H2,1-2H3,(H,24,27)(H,28,29)/b13-9+. The highest BCUT2D eigenvalue weighted by molar-refractivity contribution is 6.02. The van der Waals surface area contributed by atoms with Gasteiger partial charge in [-0.25, -0.2) is 4.98 Å². The molecule has 0 aliphatic carbocycles. The number of nitrogens with one attached hydrogen (secondary N) is 1. The van der Waals surface area contributed by atoms with Crippen LogP contribution in [0.4, 0.5) is 5.69 Å². The summed E-state index contributed by atoms with van der Waals surface area (Å²) in [7, 11) is 3.17. The second kappa shape index (κ2) is 8.54.